The molecular formula is C16H25FN2. The van der Waals surface area contributed by atoms with Gasteiger partial charge in [-0.2, -0.15) is 0 Å². The molecular weight excluding hydrogens is 239 g/mol. The first kappa shape index (κ1) is 14.5. The van der Waals surface area contributed by atoms with Gasteiger partial charge in [-0.3, -0.25) is 0 Å². The molecule has 2 atom stereocenters. The lowest BCUT2D eigenvalue weighted by molar-refractivity contribution is 0.269. The maximum Gasteiger partial charge on any atom is 0.123 e. The quantitative estimate of drug-likeness (QED) is 0.853. The molecule has 3 heteroatoms. The van der Waals surface area contributed by atoms with Crippen molar-refractivity contribution < 1.29 is 4.39 Å². The second-order valence-electron chi connectivity index (χ2n) is 5.83. The summed E-state index contributed by atoms with van der Waals surface area (Å²) in [7, 11) is 0. The van der Waals surface area contributed by atoms with Gasteiger partial charge in [-0.1, -0.05) is 38.8 Å². The second-order valence-corrected chi connectivity index (χ2v) is 5.83. The Morgan fingerprint density at radius 1 is 1.21 bits per heavy atom. The van der Waals surface area contributed by atoms with Gasteiger partial charge in [0.2, 0.25) is 0 Å². The van der Waals surface area contributed by atoms with E-state index in [-0.39, 0.29) is 5.82 Å². The fourth-order valence-electron chi connectivity index (χ4n) is 2.90. The summed E-state index contributed by atoms with van der Waals surface area (Å²) >= 11 is 0. The molecule has 0 saturated heterocycles. The lowest BCUT2D eigenvalue weighted by atomic mass is 9.89. The van der Waals surface area contributed by atoms with Gasteiger partial charge in [-0.25, -0.2) is 4.39 Å². The van der Waals surface area contributed by atoms with E-state index in [4.69, 9.17) is 0 Å². The third-order valence-electron chi connectivity index (χ3n) is 3.77. The third-order valence-corrected chi connectivity index (χ3v) is 3.77. The van der Waals surface area contributed by atoms with Gasteiger partial charge in [0.1, 0.15) is 5.82 Å². The summed E-state index contributed by atoms with van der Waals surface area (Å²) < 4.78 is 13.1. The number of hydrogen-bond donors (Lipinski definition) is 2. The molecule has 2 N–H and O–H groups in total. The molecule has 0 aliphatic heterocycles. The van der Waals surface area contributed by atoms with Crippen LogP contribution in [0.2, 0.25) is 0 Å². The predicted octanol–water partition coefficient (Wildman–Crippen LogP) is 3.22. The Labute approximate surface area is 115 Å². The zero-order chi connectivity index (χ0) is 13.7. The highest BCUT2D eigenvalue weighted by molar-refractivity contribution is 5.16. The van der Waals surface area contributed by atoms with Crippen molar-refractivity contribution >= 4 is 0 Å². The molecule has 1 aromatic rings. The maximum atomic E-state index is 13.1. The van der Waals surface area contributed by atoms with E-state index in [1.165, 1.54) is 31.7 Å². The number of hydrogen-bond acceptors (Lipinski definition) is 2. The lowest BCUT2D eigenvalue weighted by Gasteiger charge is -2.34. The molecule has 1 fully saturated rings. The molecule has 0 amide bonds. The van der Waals surface area contributed by atoms with Crippen molar-refractivity contribution in [3.05, 3.63) is 35.6 Å². The Kier molecular flexibility index (Phi) is 5.34. The second kappa shape index (κ2) is 7.01. The van der Waals surface area contributed by atoms with Crippen molar-refractivity contribution in [1.82, 2.24) is 10.6 Å². The van der Waals surface area contributed by atoms with E-state index >= 15 is 0 Å². The van der Waals surface area contributed by atoms with Crippen LogP contribution in [0.15, 0.2) is 24.3 Å². The zero-order valence-corrected chi connectivity index (χ0v) is 12.0. The van der Waals surface area contributed by atoms with Crippen LogP contribution in [0.5, 0.6) is 0 Å². The molecule has 1 aromatic carbocycles. The average molecular weight is 264 g/mol. The first-order chi connectivity index (χ1) is 9.15. The third kappa shape index (κ3) is 4.59. The van der Waals surface area contributed by atoms with Gasteiger partial charge in [0.25, 0.3) is 0 Å². The minimum absolute atomic E-state index is 0.153. The van der Waals surface area contributed by atoms with Crippen LogP contribution in [0.1, 0.15) is 45.1 Å². The number of nitrogens with one attached hydrogen (secondary N) is 2. The van der Waals surface area contributed by atoms with Crippen LogP contribution in [0.4, 0.5) is 4.39 Å². The van der Waals surface area contributed by atoms with E-state index in [2.05, 4.69) is 24.5 Å². The van der Waals surface area contributed by atoms with Gasteiger partial charge in [0.05, 0.1) is 0 Å². The van der Waals surface area contributed by atoms with E-state index in [9.17, 15) is 4.39 Å². The topological polar surface area (TPSA) is 24.1 Å². The van der Waals surface area contributed by atoms with Crippen molar-refractivity contribution in [1.29, 1.82) is 0 Å². The van der Waals surface area contributed by atoms with Crippen LogP contribution in [0, 0.1) is 5.82 Å². The van der Waals surface area contributed by atoms with E-state index in [1.807, 2.05) is 6.07 Å². The Morgan fingerprint density at radius 2 is 1.95 bits per heavy atom. The molecule has 0 spiro atoms. The summed E-state index contributed by atoms with van der Waals surface area (Å²) in [6, 6.07) is 8.41. The van der Waals surface area contributed by atoms with Crippen LogP contribution in [0.3, 0.4) is 0 Å². The smallest absolute Gasteiger partial charge is 0.123 e. The van der Waals surface area contributed by atoms with Crippen LogP contribution in [0.25, 0.3) is 0 Å². The van der Waals surface area contributed by atoms with Gasteiger partial charge in [-0.05, 0) is 30.5 Å². The summed E-state index contributed by atoms with van der Waals surface area (Å²) in [5, 5.41) is 7.23. The normalized spacial score (nSPS) is 23.8. The number of benzene rings is 1. The monoisotopic (exact) mass is 264 g/mol. The highest BCUT2D eigenvalue weighted by atomic mass is 19.1. The van der Waals surface area contributed by atoms with Crippen LogP contribution in [-0.4, -0.2) is 18.1 Å². The molecule has 1 aliphatic carbocycles. The zero-order valence-electron chi connectivity index (χ0n) is 12.0. The van der Waals surface area contributed by atoms with Gasteiger partial charge in [0.15, 0.2) is 0 Å². The maximum absolute atomic E-state index is 13.1. The van der Waals surface area contributed by atoms with Crippen LogP contribution < -0.4 is 10.6 Å². The predicted molar refractivity (Wildman–Crippen MR) is 77.6 cm³/mol. The SMILES string of the molecule is CC(C)NC1CCCCC1NCc1cccc(F)c1. The molecule has 19 heavy (non-hydrogen) atoms. The summed E-state index contributed by atoms with van der Waals surface area (Å²) in [5.74, 6) is -0.153. The number of halogens is 1. The standard InChI is InChI=1S/C16H25FN2/c1-12(2)19-16-9-4-3-8-15(16)18-11-13-6-5-7-14(17)10-13/h5-7,10,12,15-16,18-19H,3-4,8-9,11H2,1-2H3. The van der Waals surface area contributed by atoms with Crippen LogP contribution >= 0.6 is 0 Å². The largest absolute Gasteiger partial charge is 0.310 e. The molecule has 2 rings (SSSR count). The molecule has 0 radical (unpaired) electrons. The van der Waals surface area contributed by atoms with Crippen molar-refractivity contribution in [2.75, 3.05) is 0 Å². The lowest BCUT2D eigenvalue weighted by Crippen LogP contribution is -2.51. The van der Waals surface area contributed by atoms with Gasteiger partial charge in [0, 0.05) is 24.7 Å². The fraction of sp³-hybridized carbons (Fsp3) is 0.625. The summed E-state index contributed by atoms with van der Waals surface area (Å²) in [5.41, 5.74) is 1.02. The molecule has 0 aromatic heterocycles. The minimum Gasteiger partial charge on any atom is -0.310 e. The molecule has 1 aliphatic rings. The molecule has 2 nitrogen and oxygen atoms in total. The van der Waals surface area contributed by atoms with E-state index in [1.54, 1.807) is 12.1 Å². The first-order valence-electron chi connectivity index (χ1n) is 7.39. The van der Waals surface area contributed by atoms with Gasteiger partial charge < -0.3 is 10.6 Å². The summed E-state index contributed by atoms with van der Waals surface area (Å²) in [4.78, 5) is 0. The molecule has 0 bridgehead atoms. The molecule has 1 saturated carbocycles. The Bertz CT molecular complexity index is 392. The highest BCUT2D eigenvalue weighted by Crippen LogP contribution is 2.19. The highest BCUT2D eigenvalue weighted by Gasteiger charge is 2.24. The van der Waals surface area contributed by atoms with E-state index in [0.717, 1.165) is 12.1 Å². The van der Waals surface area contributed by atoms with Crippen molar-refractivity contribution in [3.8, 4) is 0 Å². The first-order valence-corrected chi connectivity index (χ1v) is 7.39. The Morgan fingerprint density at radius 3 is 2.63 bits per heavy atom. The van der Waals surface area contributed by atoms with Crippen molar-refractivity contribution in [2.24, 2.45) is 0 Å². The van der Waals surface area contributed by atoms with Crippen molar-refractivity contribution in [2.45, 2.75) is 64.2 Å². The number of rotatable bonds is 5. The minimum atomic E-state index is -0.153. The summed E-state index contributed by atoms with van der Waals surface area (Å²) in [6.45, 7) is 5.13. The van der Waals surface area contributed by atoms with E-state index in [0.29, 0.717) is 18.1 Å². The molecule has 0 heterocycles. The average Bonchev–Trinajstić information content (AvgIpc) is 2.37. The Balaban J connectivity index is 1.89. The van der Waals surface area contributed by atoms with E-state index < -0.39 is 0 Å². The molecule has 106 valence electrons. The van der Waals surface area contributed by atoms with Crippen LogP contribution in [-0.2, 0) is 6.54 Å². The Hall–Kier alpha value is -0.930. The van der Waals surface area contributed by atoms with Gasteiger partial charge >= 0.3 is 0 Å². The fourth-order valence-corrected chi connectivity index (χ4v) is 2.90. The van der Waals surface area contributed by atoms with Gasteiger partial charge in [-0.15, -0.1) is 0 Å². The van der Waals surface area contributed by atoms with Crippen molar-refractivity contribution in [3.63, 3.8) is 0 Å². The summed E-state index contributed by atoms with van der Waals surface area (Å²) in [6.07, 6.45) is 5.04. The molecule has 2 unspecified atom stereocenters.